The Bertz CT molecular complexity index is 1150. The molecule has 1 heterocycles. The quantitative estimate of drug-likeness (QED) is 0.357. The molecule has 0 aliphatic carbocycles. The van der Waals surface area contributed by atoms with Gasteiger partial charge in [-0.15, -0.1) is 0 Å². The van der Waals surface area contributed by atoms with E-state index < -0.39 is 17.7 Å². The summed E-state index contributed by atoms with van der Waals surface area (Å²) in [6.45, 7) is 0. The maximum Gasteiger partial charge on any atom is 0.300 e. The predicted molar refractivity (Wildman–Crippen MR) is 123 cm³/mol. The summed E-state index contributed by atoms with van der Waals surface area (Å²) in [7, 11) is 3.87. The molecule has 1 aliphatic rings. The summed E-state index contributed by atoms with van der Waals surface area (Å²) in [5.41, 5.74) is 2.77. The van der Waals surface area contributed by atoms with Gasteiger partial charge in [0.05, 0.1) is 11.6 Å². The third-order valence-corrected chi connectivity index (χ3v) is 5.57. The Hall–Kier alpha value is -3.57. The van der Waals surface area contributed by atoms with Crippen molar-refractivity contribution in [2.24, 2.45) is 0 Å². The molecule has 1 amide bonds. The van der Waals surface area contributed by atoms with E-state index in [1.807, 2.05) is 49.3 Å². The molecule has 1 fully saturated rings. The highest BCUT2D eigenvalue weighted by Crippen LogP contribution is 2.42. The van der Waals surface area contributed by atoms with Crippen molar-refractivity contribution >= 4 is 40.4 Å². The van der Waals surface area contributed by atoms with Crippen LogP contribution in [0.2, 0.25) is 5.02 Å². The Morgan fingerprint density at radius 1 is 0.903 bits per heavy atom. The van der Waals surface area contributed by atoms with Gasteiger partial charge >= 0.3 is 0 Å². The zero-order valence-electron chi connectivity index (χ0n) is 17.1. The number of hydrogen-bond donors (Lipinski definition) is 1. The van der Waals surface area contributed by atoms with Crippen LogP contribution in [-0.2, 0) is 9.59 Å². The first-order valence-corrected chi connectivity index (χ1v) is 10.2. The van der Waals surface area contributed by atoms with Gasteiger partial charge in [0.25, 0.3) is 11.7 Å². The van der Waals surface area contributed by atoms with Gasteiger partial charge in [-0.3, -0.25) is 14.5 Å². The molecule has 5 nitrogen and oxygen atoms in total. The van der Waals surface area contributed by atoms with Gasteiger partial charge in [-0.05, 0) is 42.0 Å². The normalized spacial score (nSPS) is 17.8. The van der Waals surface area contributed by atoms with Crippen LogP contribution in [0.25, 0.3) is 5.76 Å². The average Bonchev–Trinajstić information content (AvgIpc) is 3.05. The maximum absolute atomic E-state index is 13.1. The number of halogens is 1. The number of aliphatic hydroxyl groups is 1. The van der Waals surface area contributed by atoms with E-state index in [0.29, 0.717) is 16.3 Å². The first-order valence-electron chi connectivity index (χ1n) is 9.78. The van der Waals surface area contributed by atoms with Crippen molar-refractivity contribution in [1.29, 1.82) is 0 Å². The molecule has 0 spiro atoms. The fraction of sp³-hybridized carbons (Fsp3) is 0.120. The molecule has 1 saturated heterocycles. The van der Waals surface area contributed by atoms with Crippen molar-refractivity contribution in [2.45, 2.75) is 6.04 Å². The molecule has 6 heteroatoms. The van der Waals surface area contributed by atoms with E-state index in [4.69, 9.17) is 11.6 Å². The first-order chi connectivity index (χ1) is 14.9. The highest BCUT2D eigenvalue weighted by Gasteiger charge is 2.46. The number of aliphatic hydroxyl groups excluding tert-OH is 1. The van der Waals surface area contributed by atoms with Crippen LogP contribution in [0.3, 0.4) is 0 Å². The standard InChI is InChI=1S/C25H21ClN2O3/c1-27(2)19-12-8-16(9-13-19)22-21(23(29)17-6-4-3-5-7-17)24(30)25(31)28(22)20-14-10-18(26)11-15-20/h3-15,22,29H,1-2H3/t22-/m1/s1. The number of carbonyl (C=O) groups is 2. The van der Waals surface area contributed by atoms with Crippen molar-refractivity contribution < 1.29 is 14.7 Å². The molecule has 0 radical (unpaired) electrons. The molecule has 1 atom stereocenters. The molecular formula is C25H21ClN2O3. The predicted octanol–water partition coefficient (Wildman–Crippen LogP) is 5.03. The van der Waals surface area contributed by atoms with Gasteiger partial charge in [-0.2, -0.15) is 0 Å². The minimum absolute atomic E-state index is 0.0590. The molecule has 31 heavy (non-hydrogen) atoms. The van der Waals surface area contributed by atoms with E-state index in [1.165, 1.54) is 4.90 Å². The van der Waals surface area contributed by atoms with E-state index in [0.717, 1.165) is 11.3 Å². The number of hydrogen-bond acceptors (Lipinski definition) is 4. The van der Waals surface area contributed by atoms with Gasteiger partial charge in [0.2, 0.25) is 0 Å². The van der Waals surface area contributed by atoms with Gasteiger partial charge in [0.15, 0.2) is 0 Å². The maximum atomic E-state index is 13.1. The first kappa shape index (κ1) is 20.7. The number of carbonyl (C=O) groups excluding carboxylic acids is 2. The largest absolute Gasteiger partial charge is 0.507 e. The second-order valence-corrected chi connectivity index (χ2v) is 7.93. The monoisotopic (exact) mass is 432 g/mol. The topological polar surface area (TPSA) is 60.9 Å². The molecule has 0 aromatic heterocycles. The van der Waals surface area contributed by atoms with Crippen molar-refractivity contribution in [2.75, 3.05) is 23.9 Å². The SMILES string of the molecule is CN(C)c1ccc([C@@H]2C(=C(O)c3ccccc3)C(=O)C(=O)N2c2ccc(Cl)cc2)cc1. The molecule has 156 valence electrons. The van der Waals surface area contributed by atoms with Gasteiger partial charge in [0.1, 0.15) is 5.76 Å². The summed E-state index contributed by atoms with van der Waals surface area (Å²) in [5, 5.41) is 11.6. The van der Waals surface area contributed by atoms with Crippen LogP contribution in [-0.4, -0.2) is 30.9 Å². The lowest BCUT2D eigenvalue weighted by molar-refractivity contribution is -0.132. The van der Waals surface area contributed by atoms with Crippen molar-refractivity contribution in [1.82, 2.24) is 0 Å². The van der Waals surface area contributed by atoms with Crippen LogP contribution >= 0.6 is 11.6 Å². The minimum atomic E-state index is -0.766. The van der Waals surface area contributed by atoms with Crippen LogP contribution in [0.4, 0.5) is 11.4 Å². The van der Waals surface area contributed by atoms with E-state index in [-0.39, 0.29) is 11.3 Å². The number of anilines is 2. The molecule has 0 unspecified atom stereocenters. The Morgan fingerprint density at radius 2 is 1.52 bits per heavy atom. The second kappa shape index (κ2) is 8.28. The Kier molecular flexibility index (Phi) is 5.53. The molecule has 4 rings (SSSR count). The molecule has 0 saturated carbocycles. The van der Waals surface area contributed by atoms with Crippen molar-refractivity contribution in [3.05, 3.63) is 101 Å². The smallest absolute Gasteiger partial charge is 0.300 e. The number of rotatable bonds is 4. The summed E-state index contributed by atoms with van der Waals surface area (Å²) in [5.74, 6) is -1.61. The van der Waals surface area contributed by atoms with E-state index in [2.05, 4.69) is 0 Å². The number of Topliss-reactive ketones (excluding diaryl/α,β-unsaturated/α-hetero) is 1. The molecular weight excluding hydrogens is 412 g/mol. The van der Waals surface area contributed by atoms with E-state index >= 15 is 0 Å². The zero-order valence-corrected chi connectivity index (χ0v) is 17.9. The summed E-state index contributed by atoms with van der Waals surface area (Å²) in [6.07, 6.45) is 0. The number of nitrogens with zero attached hydrogens (tertiary/aromatic N) is 2. The number of amides is 1. The van der Waals surface area contributed by atoms with E-state index in [1.54, 1.807) is 48.5 Å². The summed E-state index contributed by atoms with van der Waals surface area (Å²) < 4.78 is 0. The Balaban J connectivity index is 1.92. The molecule has 3 aromatic carbocycles. The number of benzene rings is 3. The lowest BCUT2D eigenvalue weighted by Crippen LogP contribution is -2.29. The highest BCUT2D eigenvalue weighted by molar-refractivity contribution is 6.51. The van der Waals surface area contributed by atoms with Crippen LogP contribution in [0.1, 0.15) is 17.2 Å². The minimum Gasteiger partial charge on any atom is -0.507 e. The van der Waals surface area contributed by atoms with Crippen molar-refractivity contribution in [3.63, 3.8) is 0 Å². The molecule has 1 N–H and O–H groups in total. The fourth-order valence-corrected chi connectivity index (χ4v) is 3.85. The Morgan fingerprint density at radius 3 is 2.10 bits per heavy atom. The lowest BCUT2D eigenvalue weighted by Gasteiger charge is -2.26. The molecule has 1 aliphatic heterocycles. The van der Waals surface area contributed by atoms with Crippen LogP contribution < -0.4 is 9.80 Å². The van der Waals surface area contributed by atoms with Gasteiger partial charge in [-0.1, -0.05) is 54.1 Å². The average molecular weight is 433 g/mol. The van der Waals surface area contributed by atoms with Gasteiger partial charge in [0, 0.05) is 36.1 Å². The fourth-order valence-electron chi connectivity index (χ4n) is 3.72. The summed E-state index contributed by atoms with van der Waals surface area (Å²) in [6, 6.07) is 22.3. The van der Waals surface area contributed by atoms with Gasteiger partial charge < -0.3 is 10.0 Å². The third kappa shape index (κ3) is 3.80. The summed E-state index contributed by atoms with van der Waals surface area (Å²) >= 11 is 6.02. The van der Waals surface area contributed by atoms with E-state index in [9.17, 15) is 14.7 Å². The molecule has 0 bridgehead atoms. The summed E-state index contributed by atoms with van der Waals surface area (Å²) in [4.78, 5) is 29.5. The highest BCUT2D eigenvalue weighted by atomic mass is 35.5. The lowest BCUT2D eigenvalue weighted by atomic mass is 9.95. The van der Waals surface area contributed by atoms with Gasteiger partial charge in [-0.25, -0.2) is 0 Å². The molecule has 3 aromatic rings. The Labute approximate surface area is 185 Å². The second-order valence-electron chi connectivity index (χ2n) is 7.50. The van der Waals surface area contributed by atoms with Crippen molar-refractivity contribution in [3.8, 4) is 0 Å². The van der Waals surface area contributed by atoms with Crippen LogP contribution in [0.5, 0.6) is 0 Å². The van der Waals surface area contributed by atoms with Crippen LogP contribution in [0, 0.1) is 0 Å². The van der Waals surface area contributed by atoms with Crippen LogP contribution in [0.15, 0.2) is 84.4 Å². The third-order valence-electron chi connectivity index (χ3n) is 5.32. The zero-order chi connectivity index (χ0) is 22.1. The number of ketones is 1.